The quantitative estimate of drug-likeness (QED) is 0.680. The van der Waals surface area contributed by atoms with Gasteiger partial charge in [0.2, 0.25) is 0 Å². The molecule has 1 radical (unpaired) electrons. The standard InChI is InChI=1S/C12H9N2O3S/c15-18(16,17)12-9-5-4-8-11(12)14-13-10-6-2-1-3-7-10/h1-7,9H,(H,15,16,17). The number of rotatable bonds is 3. The van der Waals surface area contributed by atoms with Gasteiger partial charge in [-0.3, -0.25) is 4.55 Å². The van der Waals surface area contributed by atoms with Crippen molar-refractivity contribution in [3.8, 4) is 0 Å². The van der Waals surface area contributed by atoms with Crippen LogP contribution in [0.2, 0.25) is 0 Å². The highest BCUT2D eigenvalue weighted by Crippen LogP contribution is 2.25. The van der Waals surface area contributed by atoms with Crippen molar-refractivity contribution in [3.63, 3.8) is 0 Å². The minimum Gasteiger partial charge on any atom is -0.282 e. The topological polar surface area (TPSA) is 79.1 Å². The summed E-state index contributed by atoms with van der Waals surface area (Å²) in [4.78, 5) is -0.315. The molecule has 18 heavy (non-hydrogen) atoms. The second-order valence-electron chi connectivity index (χ2n) is 3.39. The zero-order chi connectivity index (χ0) is 13.0. The molecule has 0 amide bonds. The van der Waals surface area contributed by atoms with E-state index in [1.54, 1.807) is 24.3 Å². The lowest BCUT2D eigenvalue weighted by atomic mass is 10.3. The smallest absolute Gasteiger partial charge is 0.282 e. The van der Waals surface area contributed by atoms with E-state index < -0.39 is 10.1 Å². The normalized spacial score (nSPS) is 11.8. The van der Waals surface area contributed by atoms with Gasteiger partial charge in [-0.2, -0.15) is 13.5 Å². The van der Waals surface area contributed by atoms with Crippen LogP contribution in [0.15, 0.2) is 63.7 Å². The minimum atomic E-state index is -4.32. The van der Waals surface area contributed by atoms with Crippen LogP contribution in [0.5, 0.6) is 0 Å². The molecule has 0 aromatic heterocycles. The number of hydrogen-bond acceptors (Lipinski definition) is 4. The first-order valence-electron chi connectivity index (χ1n) is 5.02. The van der Waals surface area contributed by atoms with Gasteiger partial charge in [0.25, 0.3) is 10.1 Å². The van der Waals surface area contributed by atoms with Crippen molar-refractivity contribution in [2.75, 3.05) is 0 Å². The van der Waals surface area contributed by atoms with Crippen LogP contribution in [-0.4, -0.2) is 13.0 Å². The molecule has 0 atom stereocenters. The summed E-state index contributed by atoms with van der Waals surface area (Å²) in [6.07, 6.45) is 0. The van der Waals surface area contributed by atoms with Gasteiger partial charge >= 0.3 is 0 Å². The van der Waals surface area contributed by atoms with Gasteiger partial charge < -0.3 is 0 Å². The molecule has 0 heterocycles. The van der Waals surface area contributed by atoms with E-state index in [0.717, 1.165) is 0 Å². The molecule has 5 nitrogen and oxygen atoms in total. The van der Waals surface area contributed by atoms with Crippen molar-refractivity contribution in [1.82, 2.24) is 0 Å². The molecular weight excluding hydrogens is 252 g/mol. The van der Waals surface area contributed by atoms with E-state index in [-0.39, 0.29) is 10.6 Å². The molecule has 2 aromatic rings. The molecule has 1 N–H and O–H groups in total. The predicted molar refractivity (Wildman–Crippen MR) is 65.7 cm³/mol. The van der Waals surface area contributed by atoms with Crippen LogP contribution in [0.3, 0.4) is 0 Å². The maximum absolute atomic E-state index is 11.1. The van der Waals surface area contributed by atoms with Crippen LogP contribution in [0.4, 0.5) is 11.4 Å². The van der Waals surface area contributed by atoms with Gasteiger partial charge in [0.15, 0.2) is 0 Å². The zero-order valence-electron chi connectivity index (χ0n) is 9.19. The molecule has 2 rings (SSSR count). The third-order valence-corrected chi connectivity index (χ3v) is 2.98. The first kappa shape index (κ1) is 12.4. The molecule has 2 aromatic carbocycles. The molecule has 0 spiro atoms. The van der Waals surface area contributed by atoms with E-state index in [2.05, 4.69) is 16.3 Å². The number of hydrogen-bond donors (Lipinski definition) is 1. The van der Waals surface area contributed by atoms with Gasteiger partial charge in [-0.05, 0) is 18.2 Å². The zero-order valence-corrected chi connectivity index (χ0v) is 10.0. The molecule has 0 fully saturated rings. The molecule has 0 bridgehead atoms. The molecule has 0 aliphatic carbocycles. The Labute approximate surface area is 105 Å². The average Bonchev–Trinajstić information content (AvgIpc) is 2.37. The fraction of sp³-hybridized carbons (Fsp3) is 0. The first-order chi connectivity index (χ1) is 8.57. The van der Waals surface area contributed by atoms with Crippen molar-refractivity contribution >= 4 is 21.5 Å². The fourth-order valence-electron chi connectivity index (χ4n) is 1.30. The Bertz CT molecular complexity index is 667. The molecule has 91 valence electrons. The molecule has 0 aliphatic heterocycles. The van der Waals surface area contributed by atoms with Gasteiger partial charge in [-0.1, -0.05) is 30.3 Å². The van der Waals surface area contributed by atoms with E-state index in [1.165, 1.54) is 18.2 Å². The monoisotopic (exact) mass is 261 g/mol. The molecule has 0 unspecified atom stereocenters. The van der Waals surface area contributed by atoms with Crippen LogP contribution >= 0.6 is 0 Å². The summed E-state index contributed by atoms with van der Waals surface area (Å²) in [5.74, 6) is 0. The third-order valence-electron chi connectivity index (χ3n) is 2.10. The Morgan fingerprint density at radius 2 is 1.72 bits per heavy atom. The lowest BCUT2D eigenvalue weighted by Gasteiger charge is -1.99. The van der Waals surface area contributed by atoms with E-state index in [9.17, 15) is 8.42 Å². The van der Waals surface area contributed by atoms with Crippen molar-refractivity contribution in [1.29, 1.82) is 0 Å². The Kier molecular flexibility index (Phi) is 3.50. The van der Waals surface area contributed by atoms with E-state index >= 15 is 0 Å². The third kappa shape index (κ3) is 2.99. The number of azo groups is 1. The lowest BCUT2D eigenvalue weighted by Crippen LogP contribution is -1.97. The maximum atomic E-state index is 11.1. The van der Waals surface area contributed by atoms with Crippen LogP contribution in [-0.2, 0) is 10.1 Å². The largest absolute Gasteiger partial charge is 0.296 e. The molecule has 0 saturated carbocycles. The molecule has 6 heteroatoms. The second kappa shape index (κ2) is 5.07. The van der Waals surface area contributed by atoms with Crippen LogP contribution in [0.25, 0.3) is 0 Å². The van der Waals surface area contributed by atoms with Gasteiger partial charge in [-0.15, -0.1) is 5.11 Å². The summed E-state index contributed by atoms with van der Waals surface area (Å²) in [6, 6.07) is 15.6. The van der Waals surface area contributed by atoms with Gasteiger partial charge in [0, 0.05) is 6.07 Å². The summed E-state index contributed by atoms with van der Waals surface area (Å²) >= 11 is 0. The molecule has 0 saturated heterocycles. The van der Waals surface area contributed by atoms with Crippen LogP contribution < -0.4 is 0 Å². The van der Waals surface area contributed by atoms with Crippen molar-refractivity contribution in [2.24, 2.45) is 10.2 Å². The van der Waals surface area contributed by atoms with Gasteiger partial charge in [0.1, 0.15) is 10.6 Å². The summed E-state index contributed by atoms with van der Waals surface area (Å²) < 4.78 is 31.2. The Morgan fingerprint density at radius 1 is 1.00 bits per heavy atom. The molecule has 0 aliphatic rings. The minimum absolute atomic E-state index is 0.0242. The Hall–Kier alpha value is -2.05. The first-order valence-corrected chi connectivity index (χ1v) is 6.46. The van der Waals surface area contributed by atoms with Crippen molar-refractivity contribution in [3.05, 3.63) is 54.6 Å². The van der Waals surface area contributed by atoms with Gasteiger partial charge in [-0.25, -0.2) is 0 Å². The van der Waals surface area contributed by atoms with Crippen LogP contribution in [0, 0.1) is 6.07 Å². The highest BCUT2D eigenvalue weighted by Gasteiger charge is 2.14. The van der Waals surface area contributed by atoms with E-state index in [0.29, 0.717) is 5.69 Å². The van der Waals surface area contributed by atoms with E-state index in [1.807, 2.05) is 6.07 Å². The van der Waals surface area contributed by atoms with Crippen molar-refractivity contribution < 1.29 is 13.0 Å². The molecular formula is C12H9N2O3S. The Balaban J connectivity index is 2.39. The predicted octanol–water partition coefficient (Wildman–Crippen LogP) is 3.15. The number of benzene rings is 2. The van der Waals surface area contributed by atoms with Crippen molar-refractivity contribution in [2.45, 2.75) is 4.90 Å². The average molecular weight is 261 g/mol. The highest BCUT2D eigenvalue weighted by molar-refractivity contribution is 7.86. The SMILES string of the molecule is O=S(=O)(O)c1ccc[c]c1N=Nc1ccccc1. The summed E-state index contributed by atoms with van der Waals surface area (Å²) in [5, 5.41) is 7.64. The second-order valence-corrected chi connectivity index (χ2v) is 4.78. The lowest BCUT2D eigenvalue weighted by molar-refractivity contribution is 0.483. The van der Waals surface area contributed by atoms with Gasteiger partial charge in [0.05, 0.1) is 5.69 Å². The summed E-state index contributed by atoms with van der Waals surface area (Å²) in [6.45, 7) is 0. The van der Waals surface area contributed by atoms with E-state index in [4.69, 9.17) is 4.55 Å². The fourth-order valence-corrected chi connectivity index (χ4v) is 1.90. The Morgan fingerprint density at radius 3 is 2.39 bits per heavy atom. The van der Waals surface area contributed by atoms with Crippen LogP contribution in [0.1, 0.15) is 0 Å². The number of nitrogens with zero attached hydrogens (tertiary/aromatic N) is 2. The summed E-state index contributed by atoms with van der Waals surface area (Å²) in [7, 11) is -4.32. The summed E-state index contributed by atoms with van der Waals surface area (Å²) in [5.41, 5.74) is 0.555. The highest BCUT2D eigenvalue weighted by atomic mass is 32.2. The maximum Gasteiger partial charge on any atom is 0.296 e.